The lowest BCUT2D eigenvalue weighted by molar-refractivity contribution is -0.133. The second-order valence-corrected chi connectivity index (χ2v) is 8.38. The molecule has 1 saturated heterocycles. The van der Waals surface area contributed by atoms with Crippen LogP contribution < -0.4 is 10.1 Å². The topological polar surface area (TPSA) is 84.4 Å². The van der Waals surface area contributed by atoms with Gasteiger partial charge in [0.25, 0.3) is 5.91 Å². The number of methoxy groups -OCH3 is 1. The smallest absolute Gasteiger partial charge is 0.274 e. The van der Waals surface area contributed by atoms with Crippen molar-refractivity contribution in [2.45, 2.75) is 19.3 Å². The van der Waals surface area contributed by atoms with E-state index in [1.165, 1.54) is 18.6 Å². The summed E-state index contributed by atoms with van der Waals surface area (Å²) in [5.41, 5.74) is 2.87. The largest absolute Gasteiger partial charge is 0.497 e. The second-order valence-electron chi connectivity index (χ2n) is 8.38. The molecule has 0 aliphatic carbocycles. The van der Waals surface area contributed by atoms with Crippen LogP contribution in [0.1, 0.15) is 28.9 Å². The zero-order valence-electron chi connectivity index (χ0n) is 19.0. The third-order valence-electron chi connectivity index (χ3n) is 6.27. The Hall–Kier alpha value is -3.74. The average molecular weight is 445 g/mol. The molecule has 1 atom stereocenters. The Labute approximate surface area is 193 Å². The molecule has 0 saturated carbocycles. The third kappa shape index (κ3) is 4.87. The number of ether oxygens (including phenoxy) is 1. The Bertz CT molecular complexity index is 1100. The Kier molecular flexibility index (Phi) is 6.68. The van der Waals surface area contributed by atoms with Gasteiger partial charge < -0.3 is 15.0 Å². The lowest BCUT2D eigenvalue weighted by Crippen LogP contribution is -2.54. The van der Waals surface area contributed by atoms with Crippen LogP contribution in [0.3, 0.4) is 0 Å². The highest BCUT2D eigenvalue weighted by molar-refractivity contribution is 5.93. The highest BCUT2D eigenvalue weighted by atomic mass is 16.5. The molecule has 4 rings (SSSR count). The highest BCUT2D eigenvalue weighted by Crippen LogP contribution is 2.35. The number of aromatic nitrogens is 2. The van der Waals surface area contributed by atoms with Gasteiger partial charge in [0.15, 0.2) is 0 Å². The number of hydrogen-bond acceptors (Lipinski definition) is 5. The van der Waals surface area contributed by atoms with Gasteiger partial charge in [0, 0.05) is 32.5 Å². The van der Waals surface area contributed by atoms with Crippen LogP contribution in [0.15, 0.2) is 67.1 Å². The number of carbonyl (C=O) groups excluding carboxylic acids is 2. The molecule has 33 heavy (non-hydrogen) atoms. The van der Waals surface area contributed by atoms with Gasteiger partial charge in [-0.25, -0.2) is 4.98 Å². The van der Waals surface area contributed by atoms with Gasteiger partial charge in [-0.1, -0.05) is 36.4 Å². The number of hydrogen-bond donors (Lipinski definition) is 1. The number of amides is 2. The van der Waals surface area contributed by atoms with E-state index in [1.807, 2.05) is 24.3 Å². The van der Waals surface area contributed by atoms with Crippen molar-refractivity contribution in [3.8, 4) is 16.9 Å². The highest BCUT2D eigenvalue weighted by Gasteiger charge is 2.43. The minimum atomic E-state index is -0.688. The summed E-state index contributed by atoms with van der Waals surface area (Å²) < 4.78 is 5.23. The van der Waals surface area contributed by atoms with E-state index in [4.69, 9.17) is 4.74 Å². The van der Waals surface area contributed by atoms with Gasteiger partial charge in [-0.2, -0.15) is 0 Å². The average Bonchev–Trinajstić information content (AvgIpc) is 2.89. The van der Waals surface area contributed by atoms with Crippen molar-refractivity contribution in [1.82, 2.24) is 20.2 Å². The summed E-state index contributed by atoms with van der Waals surface area (Å²) in [4.78, 5) is 35.9. The summed E-state index contributed by atoms with van der Waals surface area (Å²) in [6.07, 6.45) is 6.54. The molecule has 2 aromatic carbocycles. The molecular weight excluding hydrogens is 416 g/mol. The molecule has 170 valence electrons. The van der Waals surface area contributed by atoms with Gasteiger partial charge >= 0.3 is 0 Å². The molecule has 0 spiro atoms. The molecular formula is C26H28N4O3. The number of piperidine rings is 1. The van der Waals surface area contributed by atoms with Gasteiger partial charge in [0.1, 0.15) is 11.4 Å². The maximum Gasteiger partial charge on any atom is 0.274 e. The van der Waals surface area contributed by atoms with Crippen molar-refractivity contribution in [3.63, 3.8) is 0 Å². The maximum absolute atomic E-state index is 13.1. The Morgan fingerprint density at radius 2 is 1.76 bits per heavy atom. The minimum absolute atomic E-state index is 0.0432. The zero-order chi connectivity index (χ0) is 23.3. The van der Waals surface area contributed by atoms with E-state index in [0.29, 0.717) is 25.2 Å². The van der Waals surface area contributed by atoms with Crippen LogP contribution in [-0.2, 0) is 11.2 Å². The lowest BCUT2D eigenvalue weighted by atomic mass is 9.74. The van der Waals surface area contributed by atoms with Crippen LogP contribution in [0, 0.1) is 5.41 Å². The number of carbonyl (C=O) groups is 2. The number of rotatable bonds is 6. The Balaban J connectivity index is 1.54. The van der Waals surface area contributed by atoms with Gasteiger partial charge in [-0.05, 0) is 48.1 Å². The van der Waals surface area contributed by atoms with Crippen molar-refractivity contribution in [3.05, 3.63) is 78.4 Å². The summed E-state index contributed by atoms with van der Waals surface area (Å²) in [7, 11) is 3.31. The molecule has 2 amide bonds. The molecule has 0 bridgehead atoms. The maximum atomic E-state index is 13.1. The lowest BCUT2D eigenvalue weighted by Gasteiger charge is -2.41. The number of nitrogens with one attached hydrogen (secondary N) is 1. The van der Waals surface area contributed by atoms with E-state index in [0.717, 1.165) is 35.3 Å². The first kappa shape index (κ1) is 22.5. The van der Waals surface area contributed by atoms with Crippen LogP contribution >= 0.6 is 0 Å². The molecule has 1 aliphatic rings. The molecule has 2 heterocycles. The van der Waals surface area contributed by atoms with Crippen LogP contribution in [0.25, 0.3) is 11.1 Å². The summed E-state index contributed by atoms with van der Waals surface area (Å²) in [6.45, 7) is 0.951. The Morgan fingerprint density at radius 3 is 2.36 bits per heavy atom. The molecule has 0 radical (unpaired) electrons. The van der Waals surface area contributed by atoms with Gasteiger partial charge in [0.05, 0.1) is 18.7 Å². The molecule has 1 aliphatic heterocycles. The fraction of sp³-hybridized carbons (Fsp3) is 0.308. The summed E-state index contributed by atoms with van der Waals surface area (Å²) in [5, 5.41) is 2.83. The van der Waals surface area contributed by atoms with E-state index in [2.05, 4.69) is 39.6 Å². The van der Waals surface area contributed by atoms with Crippen molar-refractivity contribution in [2.75, 3.05) is 27.2 Å². The first-order valence-corrected chi connectivity index (χ1v) is 11.1. The SMILES string of the molecule is CNC(=O)C1(Cc2ccc(-c3ccc(OC)cc3)cc2)CCCN(C(=O)c2cnccn2)C1. The second kappa shape index (κ2) is 9.81. The predicted molar refractivity (Wildman–Crippen MR) is 126 cm³/mol. The summed E-state index contributed by atoms with van der Waals surface area (Å²) in [6, 6.07) is 16.2. The van der Waals surface area contributed by atoms with E-state index < -0.39 is 5.41 Å². The van der Waals surface area contributed by atoms with Crippen molar-refractivity contribution in [2.24, 2.45) is 5.41 Å². The number of nitrogens with zero attached hydrogens (tertiary/aromatic N) is 3. The monoisotopic (exact) mass is 444 g/mol. The fourth-order valence-electron chi connectivity index (χ4n) is 4.54. The van der Waals surface area contributed by atoms with Gasteiger partial charge in [-0.15, -0.1) is 0 Å². The Morgan fingerprint density at radius 1 is 1.06 bits per heavy atom. The van der Waals surface area contributed by atoms with Gasteiger partial charge in [-0.3, -0.25) is 14.6 Å². The van der Waals surface area contributed by atoms with Crippen molar-refractivity contribution in [1.29, 1.82) is 0 Å². The van der Waals surface area contributed by atoms with Crippen molar-refractivity contribution < 1.29 is 14.3 Å². The van der Waals surface area contributed by atoms with E-state index in [9.17, 15) is 9.59 Å². The minimum Gasteiger partial charge on any atom is -0.497 e. The summed E-state index contributed by atoms with van der Waals surface area (Å²) >= 11 is 0. The first-order chi connectivity index (χ1) is 16.0. The van der Waals surface area contributed by atoms with Crippen LogP contribution in [0.2, 0.25) is 0 Å². The standard InChI is InChI=1S/C26H28N4O3/c1-27-25(32)26(12-3-15-30(18-26)24(31)23-17-28-13-14-29-23)16-19-4-6-20(7-5-19)21-8-10-22(33-2)11-9-21/h4-11,13-14,17H,3,12,15-16,18H2,1-2H3,(H,27,32). The first-order valence-electron chi connectivity index (χ1n) is 11.1. The van der Waals surface area contributed by atoms with E-state index in [1.54, 1.807) is 19.1 Å². The molecule has 1 N–H and O–H groups in total. The van der Waals surface area contributed by atoms with Crippen LogP contribution in [-0.4, -0.2) is 53.9 Å². The molecule has 1 unspecified atom stereocenters. The quantitative estimate of drug-likeness (QED) is 0.630. The van der Waals surface area contributed by atoms with E-state index in [-0.39, 0.29) is 11.8 Å². The normalized spacial score (nSPS) is 17.9. The molecule has 7 nitrogen and oxygen atoms in total. The zero-order valence-corrected chi connectivity index (χ0v) is 19.0. The van der Waals surface area contributed by atoms with Gasteiger partial charge in [0.2, 0.25) is 5.91 Å². The fourth-order valence-corrected chi connectivity index (χ4v) is 4.54. The van der Waals surface area contributed by atoms with Crippen LogP contribution in [0.5, 0.6) is 5.75 Å². The van der Waals surface area contributed by atoms with Crippen LogP contribution in [0.4, 0.5) is 0 Å². The third-order valence-corrected chi connectivity index (χ3v) is 6.27. The molecule has 7 heteroatoms. The molecule has 1 aromatic heterocycles. The predicted octanol–water partition coefficient (Wildman–Crippen LogP) is 3.36. The molecule has 3 aromatic rings. The number of likely N-dealkylation sites (tertiary alicyclic amines) is 1. The summed E-state index contributed by atoms with van der Waals surface area (Å²) in [5.74, 6) is 0.588. The molecule has 1 fully saturated rings. The van der Waals surface area contributed by atoms with E-state index >= 15 is 0 Å². The van der Waals surface area contributed by atoms with Crippen molar-refractivity contribution >= 4 is 11.8 Å². The number of benzene rings is 2.